The average Bonchev–Trinajstić information content (AvgIpc) is 2.86. The highest BCUT2D eigenvalue weighted by atomic mass is 32.2. The maximum absolute atomic E-state index is 4.08. The minimum Gasteiger partial charge on any atom is -0.307 e. The molecule has 0 aromatic carbocycles. The first-order chi connectivity index (χ1) is 9.95. The minimum absolute atomic E-state index is 0.421. The molecule has 1 aliphatic carbocycles. The van der Waals surface area contributed by atoms with Crippen LogP contribution in [0.1, 0.15) is 71.4 Å². The Morgan fingerprint density at radius 3 is 2.71 bits per heavy atom. The lowest BCUT2D eigenvalue weighted by atomic mass is 9.69. The van der Waals surface area contributed by atoms with Crippen LogP contribution in [0.4, 0.5) is 0 Å². The molecule has 1 aromatic heterocycles. The van der Waals surface area contributed by atoms with Gasteiger partial charge in [-0.3, -0.25) is 0 Å². The van der Waals surface area contributed by atoms with Crippen molar-refractivity contribution in [1.82, 2.24) is 5.32 Å². The molecule has 1 saturated carbocycles. The second kappa shape index (κ2) is 6.25. The first-order valence-corrected chi connectivity index (χ1v) is 10.2. The fourth-order valence-electron chi connectivity index (χ4n) is 4.13. The third-order valence-electron chi connectivity index (χ3n) is 5.20. The van der Waals surface area contributed by atoms with Crippen LogP contribution in [-0.2, 0) is 0 Å². The predicted molar refractivity (Wildman–Crippen MR) is 95.3 cm³/mol. The first-order valence-electron chi connectivity index (χ1n) is 8.45. The van der Waals surface area contributed by atoms with Crippen LogP contribution in [-0.4, -0.2) is 11.3 Å². The highest BCUT2D eigenvalue weighted by Gasteiger charge is 2.36. The van der Waals surface area contributed by atoms with Crippen LogP contribution in [0.15, 0.2) is 15.7 Å². The standard InChI is InChI=1S/C18H29NS2/c1-12-11-16(13-9-10-20-17(13)21-12)19-15-8-6-5-7-14(15)18(2,3)4/h9-10,12,14-16,19H,5-8,11H2,1-4H3/t12-,14?,15?,16?/m0/s1. The Morgan fingerprint density at radius 2 is 1.95 bits per heavy atom. The van der Waals surface area contributed by atoms with Crippen molar-refractivity contribution in [3.63, 3.8) is 0 Å². The summed E-state index contributed by atoms with van der Waals surface area (Å²) in [4.78, 5) is 0. The van der Waals surface area contributed by atoms with Gasteiger partial charge in [-0.25, -0.2) is 0 Å². The number of hydrogen-bond acceptors (Lipinski definition) is 3. The molecule has 2 aliphatic rings. The number of hydrogen-bond donors (Lipinski definition) is 1. The Bertz CT molecular complexity index is 474. The fraction of sp³-hybridized carbons (Fsp3) is 0.778. The van der Waals surface area contributed by atoms with Crippen LogP contribution in [0.25, 0.3) is 0 Å². The number of thioether (sulfide) groups is 1. The molecule has 0 amide bonds. The molecule has 1 aliphatic heterocycles. The molecule has 3 heteroatoms. The van der Waals surface area contributed by atoms with Gasteiger partial charge in [-0.05, 0) is 47.6 Å². The first kappa shape index (κ1) is 15.9. The third-order valence-corrected chi connectivity index (χ3v) is 7.55. The van der Waals surface area contributed by atoms with Crippen LogP contribution in [0.3, 0.4) is 0 Å². The number of rotatable bonds is 2. The molecule has 0 bridgehead atoms. The van der Waals surface area contributed by atoms with Crippen molar-refractivity contribution < 1.29 is 0 Å². The minimum atomic E-state index is 0.421. The van der Waals surface area contributed by atoms with E-state index in [9.17, 15) is 0 Å². The molecule has 2 heterocycles. The van der Waals surface area contributed by atoms with Crippen LogP contribution < -0.4 is 5.32 Å². The quantitative estimate of drug-likeness (QED) is 0.730. The second-order valence-corrected chi connectivity index (χ2v) is 10.5. The van der Waals surface area contributed by atoms with E-state index in [-0.39, 0.29) is 0 Å². The molecule has 1 N–H and O–H groups in total. The van der Waals surface area contributed by atoms with Gasteiger partial charge in [0.2, 0.25) is 0 Å². The highest BCUT2D eigenvalue weighted by Crippen LogP contribution is 2.45. The van der Waals surface area contributed by atoms with E-state index in [4.69, 9.17) is 0 Å². The van der Waals surface area contributed by atoms with Gasteiger partial charge in [-0.2, -0.15) is 0 Å². The summed E-state index contributed by atoms with van der Waals surface area (Å²) in [5, 5.41) is 7.09. The maximum atomic E-state index is 4.08. The van der Waals surface area contributed by atoms with Gasteiger partial charge in [0.15, 0.2) is 0 Å². The largest absolute Gasteiger partial charge is 0.307 e. The van der Waals surface area contributed by atoms with Gasteiger partial charge < -0.3 is 5.32 Å². The van der Waals surface area contributed by atoms with Gasteiger partial charge >= 0.3 is 0 Å². The summed E-state index contributed by atoms with van der Waals surface area (Å²) >= 11 is 3.99. The van der Waals surface area contributed by atoms with Crippen LogP contribution in [0.5, 0.6) is 0 Å². The molecule has 0 radical (unpaired) electrons. The van der Waals surface area contributed by atoms with Crippen LogP contribution in [0, 0.1) is 11.3 Å². The summed E-state index contributed by atoms with van der Waals surface area (Å²) in [5.41, 5.74) is 1.99. The summed E-state index contributed by atoms with van der Waals surface area (Å²) < 4.78 is 1.55. The molecule has 4 atom stereocenters. The molecule has 0 spiro atoms. The summed E-state index contributed by atoms with van der Waals surface area (Å²) in [5.74, 6) is 0.818. The molecule has 21 heavy (non-hydrogen) atoms. The SMILES string of the molecule is C[C@H]1CC(NC2CCCCC2C(C)(C)C)c2ccsc2S1. The molecule has 1 fully saturated rings. The van der Waals surface area contributed by atoms with E-state index in [2.05, 4.69) is 56.2 Å². The third kappa shape index (κ3) is 3.51. The van der Waals surface area contributed by atoms with Crippen molar-refractivity contribution in [2.75, 3.05) is 0 Å². The Kier molecular flexibility index (Phi) is 4.73. The van der Waals surface area contributed by atoms with Crippen molar-refractivity contribution in [3.8, 4) is 0 Å². The lowest BCUT2D eigenvalue weighted by Crippen LogP contribution is -2.46. The number of fused-ring (bicyclic) bond motifs is 1. The van der Waals surface area contributed by atoms with Gasteiger partial charge in [0.05, 0.1) is 4.21 Å². The smallest absolute Gasteiger partial charge is 0.0649 e. The fourth-order valence-corrected chi connectivity index (χ4v) is 6.70. The van der Waals surface area contributed by atoms with E-state index >= 15 is 0 Å². The van der Waals surface area contributed by atoms with Gasteiger partial charge in [-0.1, -0.05) is 40.5 Å². The van der Waals surface area contributed by atoms with Gasteiger partial charge in [0, 0.05) is 17.3 Å². The molecule has 0 saturated heterocycles. The molecule has 3 unspecified atom stereocenters. The molecular formula is C18H29NS2. The van der Waals surface area contributed by atoms with E-state index in [1.54, 1.807) is 9.77 Å². The van der Waals surface area contributed by atoms with E-state index in [0.29, 0.717) is 17.5 Å². The monoisotopic (exact) mass is 323 g/mol. The van der Waals surface area contributed by atoms with Crippen LogP contribution >= 0.6 is 23.1 Å². The van der Waals surface area contributed by atoms with Crippen molar-refractivity contribution in [1.29, 1.82) is 0 Å². The topological polar surface area (TPSA) is 12.0 Å². The van der Waals surface area contributed by atoms with E-state index in [1.807, 2.05) is 11.3 Å². The second-order valence-electron chi connectivity index (χ2n) is 7.91. The van der Waals surface area contributed by atoms with Gasteiger partial charge in [-0.15, -0.1) is 23.1 Å². The lowest BCUT2D eigenvalue weighted by Gasteiger charge is -2.43. The Labute approximate surface area is 138 Å². The molecule has 1 aromatic rings. The number of thiophene rings is 1. The van der Waals surface area contributed by atoms with E-state index in [1.165, 1.54) is 32.1 Å². The van der Waals surface area contributed by atoms with Gasteiger partial charge in [0.1, 0.15) is 0 Å². The molecule has 118 valence electrons. The van der Waals surface area contributed by atoms with Crippen molar-refractivity contribution >= 4 is 23.1 Å². The van der Waals surface area contributed by atoms with E-state index in [0.717, 1.165) is 11.2 Å². The zero-order valence-corrected chi connectivity index (χ0v) is 15.4. The molecular weight excluding hydrogens is 294 g/mol. The van der Waals surface area contributed by atoms with Crippen molar-refractivity contribution in [2.45, 2.75) is 81.3 Å². The number of nitrogens with one attached hydrogen (secondary N) is 1. The van der Waals surface area contributed by atoms with Crippen LogP contribution in [0.2, 0.25) is 0 Å². The summed E-state index contributed by atoms with van der Waals surface area (Å²) in [6, 6.07) is 3.63. The summed E-state index contributed by atoms with van der Waals surface area (Å²) in [6.45, 7) is 9.65. The van der Waals surface area contributed by atoms with Crippen molar-refractivity contribution in [2.24, 2.45) is 11.3 Å². The Hall–Kier alpha value is 0.01000. The highest BCUT2D eigenvalue weighted by molar-refractivity contribution is 8.01. The lowest BCUT2D eigenvalue weighted by molar-refractivity contribution is 0.121. The normalized spacial score (nSPS) is 33.7. The molecule has 3 rings (SSSR count). The summed E-state index contributed by atoms with van der Waals surface area (Å²) in [6.07, 6.45) is 6.86. The maximum Gasteiger partial charge on any atom is 0.0649 e. The van der Waals surface area contributed by atoms with E-state index < -0.39 is 0 Å². The molecule has 1 nitrogen and oxygen atoms in total. The predicted octanol–water partition coefficient (Wildman–Crippen LogP) is 5.87. The Morgan fingerprint density at radius 1 is 1.19 bits per heavy atom. The summed E-state index contributed by atoms with van der Waals surface area (Å²) in [7, 11) is 0. The zero-order valence-electron chi connectivity index (χ0n) is 13.8. The zero-order chi connectivity index (χ0) is 15.0. The average molecular weight is 324 g/mol. The van der Waals surface area contributed by atoms with Crippen molar-refractivity contribution in [3.05, 3.63) is 17.0 Å². The Balaban J connectivity index is 1.76. The van der Waals surface area contributed by atoms with Gasteiger partial charge in [0.25, 0.3) is 0 Å².